The molecule has 1 aromatic rings. The lowest BCUT2D eigenvalue weighted by atomic mass is 10.0. The maximum Gasteiger partial charge on any atom is 0.410 e. The van der Waals surface area contributed by atoms with Gasteiger partial charge in [-0.15, -0.1) is 0 Å². The number of rotatable bonds is 4. The van der Waals surface area contributed by atoms with Gasteiger partial charge in [0.25, 0.3) is 17.6 Å². The lowest BCUT2D eigenvalue weighted by Crippen LogP contribution is -2.55. The van der Waals surface area contributed by atoms with Crippen LogP contribution in [0.15, 0.2) is 0 Å². The summed E-state index contributed by atoms with van der Waals surface area (Å²) >= 11 is 0. The summed E-state index contributed by atoms with van der Waals surface area (Å²) in [5.41, 5.74) is 2.73. The summed E-state index contributed by atoms with van der Waals surface area (Å²) in [5, 5.41) is 1.63. The van der Waals surface area contributed by atoms with Crippen molar-refractivity contribution in [3.05, 3.63) is 22.5 Å². The molecule has 122 valence electrons. The van der Waals surface area contributed by atoms with Gasteiger partial charge in [-0.3, -0.25) is 14.4 Å². The molecule has 0 aliphatic heterocycles. The van der Waals surface area contributed by atoms with E-state index in [1.165, 1.54) is 13.8 Å². The number of hydrogen-bond donors (Lipinski definition) is 3. The van der Waals surface area contributed by atoms with Crippen LogP contribution in [0.4, 0.5) is 13.2 Å². The molecule has 0 saturated carbocycles. The van der Waals surface area contributed by atoms with Crippen LogP contribution in [0, 0.1) is 13.8 Å². The van der Waals surface area contributed by atoms with Crippen LogP contribution in [0.2, 0.25) is 0 Å². The van der Waals surface area contributed by atoms with Crippen molar-refractivity contribution in [1.29, 1.82) is 0 Å². The van der Waals surface area contributed by atoms with Gasteiger partial charge in [0, 0.05) is 5.69 Å². The Kier molecular flexibility index (Phi) is 4.41. The Morgan fingerprint density at radius 3 is 2.00 bits per heavy atom. The maximum atomic E-state index is 12.7. The number of alkyl halides is 3. The van der Waals surface area contributed by atoms with Gasteiger partial charge in [0.2, 0.25) is 0 Å². The number of nitrogens with one attached hydrogen (secondary N) is 2. The number of ketones is 1. The molecule has 0 spiro atoms. The molecule has 0 bridgehead atoms. The summed E-state index contributed by atoms with van der Waals surface area (Å²) in [5.74, 6) is -3.44. The molecule has 9 heteroatoms. The van der Waals surface area contributed by atoms with Crippen LogP contribution in [-0.4, -0.2) is 34.3 Å². The molecule has 6 nitrogen and oxygen atoms in total. The van der Waals surface area contributed by atoms with Crippen LogP contribution < -0.4 is 11.1 Å². The zero-order chi connectivity index (χ0) is 17.5. The Morgan fingerprint density at radius 2 is 1.64 bits per heavy atom. The molecule has 0 atom stereocenters. The minimum atomic E-state index is -4.72. The smallest absolute Gasteiger partial charge is 0.366 e. The highest BCUT2D eigenvalue weighted by atomic mass is 19.4. The third kappa shape index (κ3) is 3.12. The SMILES string of the molecule is Cc1[nH]c(C(=O)C(=O)NC(C)(C)C(F)(F)F)c(C)c1C(N)=O. The van der Waals surface area contributed by atoms with E-state index in [9.17, 15) is 27.6 Å². The molecule has 0 aliphatic carbocycles. The van der Waals surface area contributed by atoms with Gasteiger partial charge in [0.1, 0.15) is 5.54 Å². The second-order valence-electron chi connectivity index (χ2n) is 5.40. The molecule has 1 aromatic heterocycles. The van der Waals surface area contributed by atoms with Crippen LogP contribution in [0.5, 0.6) is 0 Å². The van der Waals surface area contributed by atoms with E-state index in [0.717, 1.165) is 13.8 Å². The van der Waals surface area contributed by atoms with Crippen LogP contribution in [0.3, 0.4) is 0 Å². The highest BCUT2D eigenvalue weighted by molar-refractivity contribution is 6.43. The first-order valence-electron chi connectivity index (χ1n) is 6.22. The summed E-state index contributed by atoms with van der Waals surface area (Å²) in [6.45, 7) is 4.31. The van der Waals surface area contributed by atoms with Gasteiger partial charge in [0.15, 0.2) is 0 Å². The molecule has 0 aliphatic rings. The Bertz CT molecular complexity index is 645. The fraction of sp³-hybridized carbons (Fsp3) is 0.462. The van der Waals surface area contributed by atoms with Crippen LogP contribution in [0.25, 0.3) is 0 Å². The minimum absolute atomic E-state index is 0.0335. The Balaban J connectivity index is 3.11. The largest absolute Gasteiger partial charge is 0.410 e. The number of carbonyl (C=O) groups is 3. The number of aromatic nitrogens is 1. The topological polar surface area (TPSA) is 105 Å². The summed E-state index contributed by atoms with van der Waals surface area (Å²) < 4.78 is 38.2. The average molecular weight is 319 g/mol. The molecule has 0 fully saturated rings. The van der Waals surface area contributed by atoms with Crippen molar-refractivity contribution >= 4 is 17.6 Å². The van der Waals surface area contributed by atoms with Gasteiger partial charge in [-0.25, -0.2) is 0 Å². The van der Waals surface area contributed by atoms with Crippen molar-refractivity contribution in [2.24, 2.45) is 5.73 Å². The van der Waals surface area contributed by atoms with E-state index in [-0.39, 0.29) is 22.5 Å². The van der Waals surface area contributed by atoms with E-state index in [2.05, 4.69) is 4.98 Å². The Labute approximate surface area is 124 Å². The van der Waals surface area contributed by atoms with E-state index in [4.69, 9.17) is 5.73 Å². The standard InChI is InChI=1S/C13H16F3N3O3/c1-5-7(10(17)21)6(2)18-8(5)9(20)11(22)19-12(3,4)13(14,15)16/h18H,1-4H3,(H2,17,21)(H,19,22). The van der Waals surface area contributed by atoms with Gasteiger partial charge < -0.3 is 16.0 Å². The Hall–Kier alpha value is -2.32. The molecule has 22 heavy (non-hydrogen) atoms. The zero-order valence-corrected chi connectivity index (χ0v) is 12.4. The molecule has 1 rings (SSSR count). The molecule has 0 aromatic carbocycles. The number of halogens is 3. The highest BCUT2D eigenvalue weighted by Crippen LogP contribution is 2.29. The van der Waals surface area contributed by atoms with E-state index >= 15 is 0 Å². The van der Waals surface area contributed by atoms with Crippen molar-refractivity contribution in [2.45, 2.75) is 39.4 Å². The number of carbonyl (C=O) groups excluding carboxylic acids is 3. The number of nitrogens with two attached hydrogens (primary N) is 1. The van der Waals surface area contributed by atoms with Gasteiger partial charge in [-0.2, -0.15) is 13.2 Å². The lowest BCUT2D eigenvalue weighted by molar-refractivity contribution is -0.187. The summed E-state index contributed by atoms with van der Waals surface area (Å²) in [6, 6.07) is 0. The summed E-state index contributed by atoms with van der Waals surface area (Å²) in [7, 11) is 0. The number of primary amides is 1. The quantitative estimate of drug-likeness (QED) is 0.576. The first-order chi connectivity index (χ1) is 9.79. The predicted molar refractivity (Wildman–Crippen MR) is 71.4 cm³/mol. The van der Waals surface area contributed by atoms with Gasteiger partial charge in [0.05, 0.1) is 11.3 Å². The van der Waals surface area contributed by atoms with Crippen LogP contribution in [0.1, 0.15) is 46.0 Å². The summed E-state index contributed by atoms with van der Waals surface area (Å²) in [4.78, 5) is 37.5. The molecular formula is C13H16F3N3O3. The van der Waals surface area contributed by atoms with Crippen molar-refractivity contribution in [2.75, 3.05) is 0 Å². The van der Waals surface area contributed by atoms with Crippen molar-refractivity contribution in [1.82, 2.24) is 10.3 Å². The maximum absolute atomic E-state index is 12.7. The minimum Gasteiger partial charge on any atom is -0.366 e. The lowest BCUT2D eigenvalue weighted by Gasteiger charge is -2.28. The van der Waals surface area contributed by atoms with Gasteiger partial charge >= 0.3 is 6.18 Å². The third-order valence-corrected chi connectivity index (χ3v) is 3.25. The normalized spacial score (nSPS) is 12.1. The number of Topliss-reactive ketones (excluding diaryl/α,β-unsaturated/α-hetero) is 1. The number of hydrogen-bond acceptors (Lipinski definition) is 3. The second-order valence-corrected chi connectivity index (χ2v) is 5.40. The average Bonchev–Trinajstić information content (AvgIpc) is 2.61. The second kappa shape index (κ2) is 5.47. The molecule has 0 unspecified atom stereocenters. The Morgan fingerprint density at radius 1 is 1.14 bits per heavy atom. The molecular weight excluding hydrogens is 303 g/mol. The van der Waals surface area contributed by atoms with E-state index in [0.29, 0.717) is 0 Å². The van der Waals surface area contributed by atoms with Crippen molar-refractivity contribution < 1.29 is 27.6 Å². The first kappa shape index (κ1) is 17.7. The monoisotopic (exact) mass is 319 g/mol. The van der Waals surface area contributed by atoms with E-state index in [1.54, 1.807) is 5.32 Å². The van der Waals surface area contributed by atoms with Crippen molar-refractivity contribution in [3.63, 3.8) is 0 Å². The number of H-pyrrole nitrogens is 1. The molecule has 2 amide bonds. The number of aromatic amines is 1. The fourth-order valence-electron chi connectivity index (χ4n) is 1.87. The zero-order valence-electron chi connectivity index (χ0n) is 12.4. The molecule has 0 radical (unpaired) electrons. The van der Waals surface area contributed by atoms with Crippen LogP contribution >= 0.6 is 0 Å². The highest BCUT2D eigenvalue weighted by Gasteiger charge is 2.49. The van der Waals surface area contributed by atoms with E-state index in [1.807, 2.05) is 0 Å². The number of amides is 2. The predicted octanol–water partition coefficient (Wildman–Crippen LogP) is 1.37. The third-order valence-electron chi connectivity index (χ3n) is 3.25. The van der Waals surface area contributed by atoms with E-state index < -0.39 is 29.3 Å². The van der Waals surface area contributed by atoms with Crippen LogP contribution in [-0.2, 0) is 4.79 Å². The summed E-state index contributed by atoms with van der Waals surface area (Å²) in [6.07, 6.45) is -4.72. The number of aryl methyl sites for hydroxylation is 1. The fourth-order valence-corrected chi connectivity index (χ4v) is 1.87. The molecule has 4 N–H and O–H groups in total. The molecule has 1 heterocycles. The first-order valence-corrected chi connectivity index (χ1v) is 6.22. The van der Waals surface area contributed by atoms with Gasteiger partial charge in [-0.1, -0.05) is 0 Å². The molecule has 0 saturated heterocycles. The van der Waals surface area contributed by atoms with Crippen molar-refractivity contribution in [3.8, 4) is 0 Å². The van der Waals surface area contributed by atoms with Gasteiger partial charge in [-0.05, 0) is 33.3 Å².